The van der Waals surface area contributed by atoms with E-state index in [-0.39, 0.29) is 54.8 Å². The Morgan fingerprint density at radius 3 is 2.09 bits per heavy atom. The molecule has 7 atom stereocenters. The number of nitrogens with one attached hydrogen (secondary N) is 3. The molecule has 70 heavy (non-hydrogen) atoms. The maximum atomic E-state index is 14.3. The molecule has 0 saturated carbocycles. The van der Waals surface area contributed by atoms with Gasteiger partial charge in [-0.15, -0.1) is 0 Å². The Balaban J connectivity index is 1.37. The molecule has 3 N–H and O–H groups in total. The maximum Gasteiger partial charge on any atom is 0.253 e. The topological polar surface area (TPSA) is 203 Å². The molecule has 0 aliphatic carbocycles. The molecule has 2 aromatic rings. The van der Waals surface area contributed by atoms with Gasteiger partial charge in [0.05, 0.1) is 36.6 Å². The van der Waals surface area contributed by atoms with Crippen molar-refractivity contribution in [2.45, 2.75) is 115 Å². The molecule has 7 amide bonds. The Kier molecular flexibility index (Phi) is 22.5. The van der Waals surface area contributed by atoms with Gasteiger partial charge in [-0.05, 0) is 54.9 Å². The highest BCUT2D eigenvalue weighted by Crippen LogP contribution is 2.29. The van der Waals surface area contributed by atoms with Crippen molar-refractivity contribution < 1.29 is 43.0 Å². The Morgan fingerprint density at radius 1 is 0.829 bits per heavy atom. The summed E-state index contributed by atoms with van der Waals surface area (Å²) in [6.45, 7) is 6.87. The van der Waals surface area contributed by atoms with Gasteiger partial charge in [-0.1, -0.05) is 76.1 Å². The van der Waals surface area contributed by atoms with Gasteiger partial charge in [-0.25, -0.2) is 4.99 Å². The molecular weight excluding hydrogens is 895 g/mol. The lowest BCUT2D eigenvalue weighted by Crippen LogP contribution is -2.54. The predicted octanol–water partition coefficient (Wildman–Crippen LogP) is 3.85. The number of benzene rings is 2. The van der Waals surface area contributed by atoms with Crippen molar-refractivity contribution in [3.63, 3.8) is 0 Å². The first-order valence-electron chi connectivity index (χ1n) is 24.4. The van der Waals surface area contributed by atoms with E-state index in [4.69, 9.17) is 9.47 Å². The zero-order chi connectivity index (χ0) is 51.5. The molecule has 0 radical (unpaired) electrons. The first-order chi connectivity index (χ1) is 33.4. The number of hydrogen-bond donors (Lipinski definition) is 3. The average Bonchev–Trinajstić information content (AvgIpc) is 3.95. The number of nitrogens with zero attached hydrogens (tertiary/aromatic N) is 6. The van der Waals surface area contributed by atoms with E-state index in [1.54, 1.807) is 55.1 Å². The fourth-order valence-electron chi connectivity index (χ4n) is 9.23. The van der Waals surface area contributed by atoms with Crippen LogP contribution < -0.4 is 16.0 Å². The third kappa shape index (κ3) is 16.2. The second-order valence-corrected chi connectivity index (χ2v) is 18.7. The minimum Gasteiger partial charge on any atom is -0.379 e. The molecule has 0 spiro atoms. The lowest BCUT2D eigenvalue weighted by atomic mass is 9.90. The van der Waals surface area contributed by atoms with Crippen molar-refractivity contribution in [2.24, 2.45) is 16.8 Å². The third-order valence-corrected chi connectivity index (χ3v) is 13.3. The zero-order valence-electron chi connectivity index (χ0n) is 42.9. The molecule has 4 rings (SSSR count). The van der Waals surface area contributed by atoms with Crippen molar-refractivity contribution in [3.8, 4) is 0 Å². The van der Waals surface area contributed by atoms with Crippen LogP contribution in [0.3, 0.4) is 0 Å². The highest BCUT2D eigenvalue weighted by Gasteiger charge is 2.42. The molecule has 0 bridgehead atoms. The molecule has 2 aliphatic rings. The fourth-order valence-corrected chi connectivity index (χ4v) is 9.23. The molecule has 2 aromatic carbocycles. The highest BCUT2D eigenvalue weighted by molar-refractivity contribution is 6.12. The van der Waals surface area contributed by atoms with E-state index in [1.807, 2.05) is 82.2 Å². The molecule has 1 saturated heterocycles. The summed E-state index contributed by atoms with van der Waals surface area (Å²) >= 11 is 0. The second kappa shape index (κ2) is 27.9. The normalized spacial score (nSPS) is 17.0. The average molecular weight is 972 g/mol. The standard InChI is InChI=1S/C52H77N9O9/c1-11-35(2)48(59(8)47(66)34-54-52(57(4)5)58(6)7)42(69-9)32-46(65)60-30-18-21-41(60)49(70-10)36(3)50(67)56-40(31-37-19-14-12-15-20-37)51(68)55-39-25-23-38(24-26-39)33-53-43(62)22-16-13-17-29-61-44(63)27-28-45(61)64/h12,14-15,19-20,23-28,35-36,40-42,48-49H,11,13,16-18,21-22,29-34H2,1-10H3,(H,53,62)(H,55,68)(H,56,67)/t35?,36?,40-,41?,42?,48?,49?/m0/s1. The first kappa shape index (κ1) is 56.4. The summed E-state index contributed by atoms with van der Waals surface area (Å²) in [5.41, 5.74) is 2.19. The number of imide groups is 1. The Labute approximate surface area is 414 Å². The van der Waals surface area contributed by atoms with Crippen LogP contribution in [0.15, 0.2) is 71.7 Å². The number of likely N-dealkylation sites (N-methyl/N-ethyl adjacent to an activating group) is 1. The van der Waals surface area contributed by atoms with Gasteiger partial charge >= 0.3 is 0 Å². The number of ether oxygens (including phenoxy) is 2. The first-order valence-corrected chi connectivity index (χ1v) is 24.4. The fraction of sp³-hybridized carbons (Fsp3) is 0.577. The smallest absolute Gasteiger partial charge is 0.253 e. The number of carbonyl (C=O) groups is 7. The van der Waals surface area contributed by atoms with Crippen molar-refractivity contribution in [1.29, 1.82) is 0 Å². The number of likely N-dealkylation sites (tertiary alicyclic amines) is 1. The largest absolute Gasteiger partial charge is 0.379 e. The molecule has 2 heterocycles. The van der Waals surface area contributed by atoms with Gasteiger partial charge < -0.3 is 45.0 Å². The molecule has 2 aliphatic heterocycles. The van der Waals surface area contributed by atoms with Gasteiger partial charge in [0.15, 0.2) is 5.96 Å². The van der Waals surface area contributed by atoms with E-state index in [2.05, 4.69) is 20.9 Å². The summed E-state index contributed by atoms with van der Waals surface area (Å²) in [5, 5.41) is 8.84. The minimum absolute atomic E-state index is 0.00448. The van der Waals surface area contributed by atoms with Crippen LogP contribution in [-0.4, -0.2) is 171 Å². The van der Waals surface area contributed by atoms with Crippen LogP contribution in [0.25, 0.3) is 0 Å². The van der Waals surface area contributed by atoms with Crippen LogP contribution in [0.2, 0.25) is 0 Å². The third-order valence-electron chi connectivity index (χ3n) is 13.3. The van der Waals surface area contributed by atoms with E-state index in [1.165, 1.54) is 24.2 Å². The molecule has 1 fully saturated rings. The summed E-state index contributed by atoms with van der Waals surface area (Å²) in [6, 6.07) is 14.7. The number of amides is 7. The number of unbranched alkanes of at least 4 members (excludes halogenated alkanes) is 2. The molecule has 384 valence electrons. The minimum atomic E-state index is -0.953. The number of methoxy groups -OCH3 is 2. The van der Waals surface area contributed by atoms with E-state index in [0.29, 0.717) is 69.8 Å². The lowest BCUT2D eigenvalue weighted by molar-refractivity contribution is -0.145. The Morgan fingerprint density at radius 2 is 1.49 bits per heavy atom. The van der Waals surface area contributed by atoms with Crippen LogP contribution in [0.1, 0.15) is 83.3 Å². The summed E-state index contributed by atoms with van der Waals surface area (Å²) in [6.07, 6.45) is 5.80. The predicted molar refractivity (Wildman–Crippen MR) is 269 cm³/mol. The number of anilines is 1. The van der Waals surface area contributed by atoms with Gasteiger partial charge in [0.1, 0.15) is 12.6 Å². The number of rotatable bonds is 26. The summed E-state index contributed by atoms with van der Waals surface area (Å²) in [4.78, 5) is 105. The monoisotopic (exact) mass is 972 g/mol. The SMILES string of the molecule is CCC(C)C(C(CC(=O)N1CCCC1C(OC)C(C)C(=O)N[C@@H](Cc1ccccc1)C(=O)Nc1ccc(CNC(=O)CCCCCN2C(=O)C=CC2=O)cc1)OC)N(C)C(=O)CN=C(N(C)C)N(C)C. The number of hydrogen-bond acceptors (Lipinski definition) is 10. The number of guanidine groups is 1. The van der Waals surface area contributed by atoms with Gasteiger partial charge in [0, 0.05) is 99.8 Å². The zero-order valence-corrected chi connectivity index (χ0v) is 42.9. The molecule has 18 heteroatoms. The number of carbonyl (C=O) groups excluding carboxylic acids is 7. The van der Waals surface area contributed by atoms with E-state index >= 15 is 0 Å². The highest BCUT2D eigenvalue weighted by atomic mass is 16.5. The lowest BCUT2D eigenvalue weighted by Gasteiger charge is -2.39. The van der Waals surface area contributed by atoms with Gasteiger partial charge in [-0.2, -0.15) is 0 Å². The van der Waals surface area contributed by atoms with Gasteiger partial charge in [0.25, 0.3) is 11.8 Å². The summed E-state index contributed by atoms with van der Waals surface area (Å²) in [5.74, 6) is -1.99. The van der Waals surface area contributed by atoms with E-state index in [9.17, 15) is 33.6 Å². The van der Waals surface area contributed by atoms with Crippen LogP contribution in [0, 0.1) is 11.8 Å². The summed E-state index contributed by atoms with van der Waals surface area (Å²) < 4.78 is 12.0. The molecular formula is C52H77N9O9. The van der Waals surface area contributed by atoms with Crippen LogP contribution in [-0.2, 0) is 56.0 Å². The van der Waals surface area contributed by atoms with Crippen molar-refractivity contribution in [2.75, 3.05) is 74.4 Å². The van der Waals surface area contributed by atoms with Gasteiger partial charge in [0.2, 0.25) is 29.5 Å². The number of aliphatic imine (C=N–C) groups is 1. The van der Waals surface area contributed by atoms with E-state index < -0.39 is 48.1 Å². The van der Waals surface area contributed by atoms with Gasteiger partial charge in [-0.3, -0.25) is 38.5 Å². The van der Waals surface area contributed by atoms with Crippen LogP contribution in [0.5, 0.6) is 0 Å². The maximum absolute atomic E-state index is 14.3. The second-order valence-electron chi connectivity index (χ2n) is 18.7. The van der Waals surface area contributed by atoms with E-state index in [0.717, 1.165) is 17.5 Å². The molecule has 0 aromatic heterocycles. The Hall–Kier alpha value is -6.14. The van der Waals surface area contributed by atoms with Crippen molar-refractivity contribution in [1.82, 2.24) is 35.1 Å². The molecule has 6 unspecified atom stereocenters. The van der Waals surface area contributed by atoms with Crippen molar-refractivity contribution >= 4 is 53.0 Å². The van der Waals surface area contributed by atoms with Crippen LogP contribution >= 0.6 is 0 Å². The van der Waals surface area contributed by atoms with Crippen LogP contribution in [0.4, 0.5) is 5.69 Å². The summed E-state index contributed by atoms with van der Waals surface area (Å²) in [7, 11) is 12.3. The Bertz CT molecular complexity index is 2100. The van der Waals surface area contributed by atoms with Crippen molar-refractivity contribution in [3.05, 3.63) is 77.9 Å². The quantitative estimate of drug-likeness (QED) is 0.0535. The molecule has 18 nitrogen and oxygen atoms in total.